The Kier molecular flexibility index (Phi) is 4.40. The maximum Gasteiger partial charge on any atom is 0.433 e. The molecule has 0 spiro atoms. The van der Waals surface area contributed by atoms with E-state index in [9.17, 15) is 21.6 Å². The first-order valence-electron chi connectivity index (χ1n) is 7.59. The number of hydrogen-bond acceptors (Lipinski definition) is 5. The molecule has 1 aliphatic carbocycles. The summed E-state index contributed by atoms with van der Waals surface area (Å²) in [5.74, 6) is -0.0851. The summed E-state index contributed by atoms with van der Waals surface area (Å²) in [4.78, 5) is 11.2. The second kappa shape index (κ2) is 6.25. The molecule has 0 saturated heterocycles. The molecule has 134 valence electrons. The lowest BCUT2D eigenvalue weighted by molar-refractivity contribution is -0.141. The van der Waals surface area contributed by atoms with E-state index in [2.05, 4.69) is 19.7 Å². The van der Waals surface area contributed by atoms with Crippen molar-refractivity contribution in [2.24, 2.45) is 0 Å². The number of pyridine rings is 1. The molecular formula is C15H15F3N4O2S. The van der Waals surface area contributed by atoms with Crippen LogP contribution in [0.1, 0.15) is 35.5 Å². The van der Waals surface area contributed by atoms with Crippen LogP contribution < -0.4 is 4.72 Å². The third-order valence-corrected chi connectivity index (χ3v) is 5.27. The van der Waals surface area contributed by atoms with Crippen LogP contribution in [0.2, 0.25) is 0 Å². The van der Waals surface area contributed by atoms with Crippen molar-refractivity contribution in [1.82, 2.24) is 15.0 Å². The van der Waals surface area contributed by atoms with Gasteiger partial charge in [-0.2, -0.15) is 13.2 Å². The molecule has 25 heavy (non-hydrogen) atoms. The topological polar surface area (TPSA) is 84.8 Å². The van der Waals surface area contributed by atoms with E-state index in [0.29, 0.717) is 18.0 Å². The lowest BCUT2D eigenvalue weighted by Crippen LogP contribution is -2.19. The smallest absolute Gasteiger partial charge is 0.250 e. The van der Waals surface area contributed by atoms with Gasteiger partial charge in [-0.25, -0.2) is 23.1 Å². The number of nitrogens with zero attached hydrogens (tertiary/aromatic N) is 3. The summed E-state index contributed by atoms with van der Waals surface area (Å²) < 4.78 is 64.4. The first kappa shape index (κ1) is 17.6. The van der Waals surface area contributed by atoms with Gasteiger partial charge < -0.3 is 0 Å². The Morgan fingerprint density at radius 3 is 2.48 bits per heavy atom. The molecule has 0 bridgehead atoms. The number of fused-ring (bicyclic) bond motifs is 1. The van der Waals surface area contributed by atoms with E-state index in [4.69, 9.17) is 0 Å². The zero-order chi connectivity index (χ0) is 18.2. The van der Waals surface area contributed by atoms with Crippen LogP contribution in [0.4, 0.5) is 19.1 Å². The van der Waals surface area contributed by atoms with E-state index in [1.54, 1.807) is 6.92 Å². The average molecular weight is 372 g/mol. The molecule has 2 aromatic rings. The van der Waals surface area contributed by atoms with E-state index in [0.717, 1.165) is 43.0 Å². The number of sulfonamides is 1. The Morgan fingerprint density at radius 1 is 1.12 bits per heavy atom. The number of nitrogens with one attached hydrogen (secondary N) is 1. The van der Waals surface area contributed by atoms with Gasteiger partial charge in [0.1, 0.15) is 10.6 Å². The van der Waals surface area contributed by atoms with Gasteiger partial charge in [0.05, 0.1) is 0 Å². The highest BCUT2D eigenvalue weighted by molar-refractivity contribution is 7.92. The van der Waals surface area contributed by atoms with Crippen molar-refractivity contribution < 1.29 is 21.6 Å². The van der Waals surface area contributed by atoms with Crippen molar-refractivity contribution >= 4 is 16.0 Å². The highest BCUT2D eigenvalue weighted by Crippen LogP contribution is 2.28. The van der Waals surface area contributed by atoms with Crippen molar-refractivity contribution in [1.29, 1.82) is 0 Å². The van der Waals surface area contributed by atoms with E-state index < -0.39 is 21.9 Å². The molecule has 1 aliphatic rings. The molecule has 10 heteroatoms. The van der Waals surface area contributed by atoms with Crippen molar-refractivity contribution in [2.75, 3.05) is 4.72 Å². The van der Waals surface area contributed by atoms with Gasteiger partial charge in [-0.15, -0.1) is 0 Å². The van der Waals surface area contributed by atoms with Gasteiger partial charge in [0, 0.05) is 17.6 Å². The van der Waals surface area contributed by atoms with Gasteiger partial charge in [-0.3, -0.25) is 4.98 Å². The van der Waals surface area contributed by atoms with Crippen LogP contribution in [0.25, 0.3) is 0 Å². The number of aryl methyl sites for hydroxylation is 2. The molecule has 0 atom stereocenters. The van der Waals surface area contributed by atoms with Gasteiger partial charge in [0.15, 0.2) is 0 Å². The van der Waals surface area contributed by atoms with Crippen LogP contribution in [-0.4, -0.2) is 23.4 Å². The highest BCUT2D eigenvalue weighted by atomic mass is 32.2. The fraction of sp³-hybridized carbons (Fsp3) is 0.400. The Morgan fingerprint density at radius 2 is 1.84 bits per heavy atom. The zero-order valence-electron chi connectivity index (χ0n) is 13.3. The Hall–Kier alpha value is -2.23. The monoisotopic (exact) mass is 372 g/mol. The van der Waals surface area contributed by atoms with Crippen molar-refractivity contribution in [3.8, 4) is 0 Å². The summed E-state index contributed by atoms with van der Waals surface area (Å²) in [5.41, 5.74) is 1.38. The molecule has 3 rings (SSSR count). The third kappa shape index (κ3) is 3.73. The molecule has 6 nitrogen and oxygen atoms in total. The first-order chi connectivity index (χ1) is 11.7. The van der Waals surface area contributed by atoms with E-state index in [1.165, 1.54) is 0 Å². The van der Waals surface area contributed by atoms with Crippen molar-refractivity contribution in [3.63, 3.8) is 0 Å². The number of alkyl halides is 3. The largest absolute Gasteiger partial charge is 0.433 e. The minimum absolute atomic E-state index is 0.0851. The zero-order valence-corrected chi connectivity index (χ0v) is 14.1. The molecular weight excluding hydrogens is 357 g/mol. The van der Waals surface area contributed by atoms with Crippen LogP contribution >= 0.6 is 0 Å². The van der Waals surface area contributed by atoms with Gasteiger partial charge in [-0.1, -0.05) is 0 Å². The average Bonchev–Trinajstić information content (AvgIpc) is 2.54. The molecule has 2 heterocycles. The third-order valence-electron chi connectivity index (χ3n) is 3.95. The molecule has 0 fully saturated rings. The van der Waals surface area contributed by atoms with Gasteiger partial charge in [0.25, 0.3) is 10.0 Å². The number of aromatic nitrogens is 3. The molecule has 0 unspecified atom stereocenters. The van der Waals surface area contributed by atoms with Gasteiger partial charge in [0.2, 0.25) is 5.95 Å². The number of halogens is 3. The predicted molar refractivity (Wildman–Crippen MR) is 83.5 cm³/mol. The summed E-state index contributed by atoms with van der Waals surface area (Å²) in [5, 5.41) is 0. The second-order valence-corrected chi connectivity index (χ2v) is 7.43. The predicted octanol–water partition coefficient (Wildman–Crippen LogP) is 2.88. The summed E-state index contributed by atoms with van der Waals surface area (Å²) in [6, 6.07) is 1.47. The Labute approximate surface area is 142 Å². The molecule has 1 N–H and O–H groups in total. The minimum atomic E-state index is -4.63. The van der Waals surface area contributed by atoms with Crippen molar-refractivity contribution in [3.05, 3.63) is 41.0 Å². The Bertz CT molecular complexity index is 896. The van der Waals surface area contributed by atoms with Gasteiger partial charge >= 0.3 is 6.18 Å². The molecule has 0 aliphatic heterocycles. The number of rotatable bonds is 3. The van der Waals surface area contributed by atoms with Crippen LogP contribution in [0.3, 0.4) is 0 Å². The minimum Gasteiger partial charge on any atom is -0.250 e. The summed E-state index contributed by atoms with van der Waals surface area (Å²) >= 11 is 0. The Balaban J connectivity index is 1.88. The number of anilines is 1. The van der Waals surface area contributed by atoms with E-state index in [-0.39, 0.29) is 10.8 Å². The fourth-order valence-corrected chi connectivity index (χ4v) is 3.60. The van der Waals surface area contributed by atoms with Crippen molar-refractivity contribution in [2.45, 2.75) is 43.7 Å². The molecule has 2 aromatic heterocycles. The maximum absolute atomic E-state index is 12.5. The maximum atomic E-state index is 12.5. The first-order valence-corrected chi connectivity index (χ1v) is 9.07. The standard InChI is InChI=1S/C15H15F3N4O2S/c1-9-11-4-2-3-5-12(11)21-14(20-9)22-25(23,24)10-6-7-13(19-8-10)15(16,17)18/h6-8H,2-5H2,1H3,(H,20,21,22). The second-order valence-electron chi connectivity index (χ2n) is 5.75. The van der Waals surface area contributed by atoms with Crippen LogP contribution in [0.5, 0.6) is 0 Å². The lowest BCUT2D eigenvalue weighted by Gasteiger charge is -2.17. The van der Waals surface area contributed by atoms with Crippen LogP contribution in [0, 0.1) is 6.92 Å². The molecule has 0 radical (unpaired) electrons. The highest BCUT2D eigenvalue weighted by Gasteiger charge is 2.32. The molecule has 0 amide bonds. The van der Waals surface area contributed by atoms with Crippen LogP contribution in [-0.2, 0) is 29.0 Å². The van der Waals surface area contributed by atoms with Crippen LogP contribution in [0.15, 0.2) is 23.2 Å². The van der Waals surface area contributed by atoms with Gasteiger partial charge in [-0.05, 0) is 50.3 Å². The summed E-state index contributed by atoms with van der Waals surface area (Å²) in [6.07, 6.45) is -0.352. The number of hydrogen-bond donors (Lipinski definition) is 1. The summed E-state index contributed by atoms with van der Waals surface area (Å²) in [6.45, 7) is 1.78. The van der Waals surface area contributed by atoms with E-state index >= 15 is 0 Å². The normalized spacial score (nSPS) is 14.9. The quantitative estimate of drug-likeness (QED) is 0.896. The molecule has 0 saturated carbocycles. The fourth-order valence-electron chi connectivity index (χ4n) is 2.71. The SMILES string of the molecule is Cc1nc(NS(=O)(=O)c2ccc(C(F)(F)F)nc2)nc2c1CCCC2. The van der Waals surface area contributed by atoms with E-state index in [1.807, 2.05) is 0 Å². The summed E-state index contributed by atoms with van der Waals surface area (Å²) in [7, 11) is -4.12. The lowest BCUT2D eigenvalue weighted by atomic mass is 9.95. The molecule has 0 aromatic carbocycles.